The molecular weight excluding hydrogens is 331 g/mol. The summed E-state index contributed by atoms with van der Waals surface area (Å²) in [4.78, 5) is 2.65. The van der Waals surface area contributed by atoms with Gasteiger partial charge in [0.25, 0.3) is 0 Å². The number of halogens is 2. The molecule has 0 aromatic heterocycles. The second kappa shape index (κ2) is 6.64. The largest absolute Gasteiger partial charge is 0.487 e. The third-order valence-electron chi connectivity index (χ3n) is 5.01. The summed E-state index contributed by atoms with van der Waals surface area (Å²) in [6.45, 7) is 3.96. The van der Waals surface area contributed by atoms with Gasteiger partial charge in [-0.3, -0.25) is 0 Å². The van der Waals surface area contributed by atoms with Crippen LogP contribution in [-0.4, -0.2) is 43.2 Å². The highest BCUT2D eigenvalue weighted by Crippen LogP contribution is 2.36. The lowest BCUT2D eigenvalue weighted by molar-refractivity contribution is 0.190. The lowest BCUT2D eigenvalue weighted by atomic mass is 10.0. The molecule has 1 aromatic rings. The van der Waals surface area contributed by atoms with Crippen LogP contribution in [0.15, 0.2) is 17.7 Å². The molecular formula is C18H22Cl2N2O. The zero-order valence-corrected chi connectivity index (χ0v) is 14.7. The van der Waals surface area contributed by atoms with E-state index in [0.717, 1.165) is 23.9 Å². The van der Waals surface area contributed by atoms with Crippen molar-refractivity contribution in [3.8, 4) is 5.75 Å². The van der Waals surface area contributed by atoms with Crippen molar-refractivity contribution in [2.45, 2.75) is 37.8 Å². The van der Waals surface area contributed by atoms with Crippen molar-refractivity contribution < 1.29 is 4.74 Å². The van der Waals surface area contributed by atoms with Crippen LogP contribution in [-0.2, 0) is 0 Å². The van der Waals surface area contributed by atoms with Gasteiger partial charge in [0.15, 0.2) is 0 Å². The maximum absolute atomic E-state index is 6.18. The predicted molar refractivity (Wildman–Crippen MR) is 95.6 cm³/mol. The second-order valence-corrected chi connectivity index (χ2v) is 7.66. The smallest absolute Gasteiger partial charge is 0.145 e. The second-order valence-electron chi connectivity index (χ2n) is 6.82. The van der Waals surface area contributed by atoms with E-state index in [2.05, 4.69) is 16.3 Å². The molecule has 0 bridgehead atoms. The van der Waals surface area contributed by atoms with E-state index in [1.165, 1.54) is 44.3 Å². The van der Waals surface area contributed by atoms with Crippen molar-refractivity contribution in [2.24, 2.45) is 0 Å². The number of benzene rings is 1. The van der Waals surface area contributed by atoms with Gasteiger partial charge in [0.1, 0.15) is 12.4 Å². The van der Waals surface area contributed by atoms with Crippen LogP contribution in [0.25, 0.3) is 6.08 Å². The molecule has 2 heterocycles. The molecule has 1 saturated heterocycles. The Balaban J connectivity index is 1.33. The highest BCUT2D eigenvalue weighted by atomic mass is 35.5. The molecule has 2 aliphatic heterocycles. The molecule has 2 fully saturated rings. The Morgan fingerprint density at radius 2 is 1.91 bits per heavy atom. The Morgan fingerprint density at radius 3 is 2.65 bits per heavy atom. The minimum absolute atomic E-state index is 0.586. The number of rotatable bonds is 4. The normalized spacial score (nSPS) is 22.4. The van der Waals surface area contributed by atoms with E-state index in [9.17, 15) is 0 Å². The van der Waals surface area contributed by atoms with Crippen LogP contribution in [0.3, 0.4) is 0 Å². The number of piperidine rings is 1. The van der Waals surface area contributed by atoms with Crippen LogP contribution >= 0.6 is 23.2 Å². The van der Waals surface area contributed by atoms with E-state index in [1.807, 2.05) is 6.07 Å². The quantitative estimate of drug-likeness (QED) is 0.886. The highest BCUT2D eigenvalue weighted by Gasteiger charge is 2.31. The van der Waals surface area contributed by atoms with Crippen LogP contribution in [0.5, 0.6) is 5.75 Å². The fraction of sp³-hybridized carbons (Fsp3) is 0.556. The zero-order valence-electron chi connectivity index (χ0n) is 13.2. The van der Waals surface area contributed by atoms with Gasteiger partial charge in [-0.1, -0.05) is 23.2 Å². The molecule has 0 amide bonds. The van der Waals surface area contributed by atoms with Gasteiger partial charge >= 0.3 is 0 Å². The summed E-state index contributed by atoms with van der Waals surface area (Å²) < 4.78 is 5.81. The first-order valence-electron chi connectivity index (χ1n) is 8.48. The molecule has 5 heteroatoms. The van der Waals surface area contributed by atoms with E-state index in [1.54, 1.807) is 6.07 Å². The Hall–Kier alpha value is -0.740. The summed E-state index contributed by atoms with van der Waals surface area (Å²) in [6, 6.07) is 5.16. The van der Waals surface area contributed by atoms with E-state index >= 15 is 0 Å². The molecule has 1 aromatic carbocycles. The van der Waals surface area contributed by atoms with Crippen molar-refractivity contribution in [2.75, 3.05) is 26.2 Å². The molecule has 124 valence electrons. The summed E-state index contributed by atoms with van der Waals surface area (Å²) in [5.41, 5.74) is 2.23. The Labute approximate surface area is 147 Å². The standard InChI is InChI=1S/C18H22Cl2N2O/c19-14-8-13-7-12(11-23-18(13)17(20)9-14)10-21-15-3-5-22(6-4-15)16-1-2-16/h7-9,15-16,21H,1-6,10-11H2. The number of ether oxygens (including phenoxy) is 1. The van der Waals surface area contributed by atoms with Crippen molar-refractivity contribution in [3.63, 3.8) is 0 Å². The van der Waals surface area contributed by atoms with Gasteiger partial charge < -0.3 is 15.0 Å². The molecule has 1 aliphatic carbocycles. The molecule has 23 heavy (non-hydrogen) atoms. The molecule has 1 N–H and O–H groups in total. The van der Waals surface area contributed by atoms with Gasteiger partial charge in [-0.25, -0.2) is 0 Å². The third-order valence-corrected chi connectivity index (χ3v) is 5.51. The van der Waals surface area contributed by atoms with E-state index < -0.39 is 0 Å². The lowest BCUT2D eigenvalue weighted by Gasteiger charge is -2.33. The molecule has 0 unspecified atom stereocenters. The van der Waals surface area contributed by atoms with Gasteiger partial charge in [-0.2, -0.15) is 0 Å². The number of fused-ring (bicyclic) bond motifs is 1. The number of hydrogen-bond acceptors (Lipinski definition) is 3. The van der Waals surface area contributed by atoms with Gasteiger partial charge in [0.05, 0.1) is 5.02 Å². The van der Waals surface area contributed by atoms with Gasteiger partial charge in [-0.15, -0.1) is 0 Å². The number of hydrogen-bond donors (Lipinski definition) is 1. The average molecular weight is 353 g/mol. The maximum atomic E-state index is 6.18. The fourth-order valence-corrected chi connectivity index (χ4v) is 4.12. The maximum Gasteiger partial charge on any atom is 0.145 e. The third kappa shape index (κ3) is 3.69. The molecule has 0 atom stereocenters. The van der Waals surface area contributed by atoms with Crippen LogP contribution in [0.2, 0.25) is 10.0 Å². The van der Waals surface area contributed by atoms with Crippen LogP contribution < -0.4 is 10.1 Å². The highest BCUT2D eigenvalue weighted by molar-refractivity contribution is 6.36. The summed E-state index contributed by atoms with van der Waals surface area (Å²) in [5.74, 6) is 0.748. The monoisotopic (exact) mass is 352 g/mol. The Kier molecular flexibility index (Phi) is 4.55. The average Bonchev–Trinajstić information content (AvgIpc) is 3.38. The first-order valence-corrected chi connectivity index (χ1v) is 9.23. The fourth-order valence-electron chi connectivity index (χ4n) is 3.55. The molecule has 3 nitrogen and oxygen atoms in total. The first kappa shape index (κ1) is 15.8. The van der Waals surface area contributed by atoms with Gasteiger partial charge in [-0.05, 0) is 62.6 Å². The summed E-state index contributed by atoms with van der Waals surface area (Å²) in [5, 5.41) is 4.92. The molecule has 1 saturated carbocycles. The van der Waals surface area contributed by atoms with Gasteiger partial charge in [0.2, 0.25) is 0 Å². The number of nitrogens with zero attached hydrogens (tertiary/aromatic N) is 1. The zero-order chi connectivity index (χ0) is 15.8. The van der Waals surface area contributed by atoms with Crippen molar-refractivity contribution >= 4 is 29.3 Å². The predicted octanol–water partition coefficient (Wildman–Crippen LogP) is 3.99. The SMILES string of the molecule is Clc1cc(Cl)c2c(c1)C=C(CNC1CCN(C3CC3)CC1)CO2. The van der Waals surface area contributed by atoms with Crippen LogP contribution in [0.1, 0.15) is 31.2 Å². The Bertz CT molecular complexity index is 620. The van der Waals surface area contributed by atoms with E-state index in [4.69, 9.17) is 27.9 Å². The van der Waals surface area contributed by atoms with Crippen molar-refractivity contribution in [3.05, 3.63) is 33.3 Å². The van der Waals surface area contributed by atoms with Crippen molar-refractivity contribution in [1.29, 1.82) is 0 Å². The molecule has 0 spiro atoms. The minimum Gasteiger partial charge on any atom is -0.487 e. The summed E-state index contributed by atoms with van der Waals surface area (Å²) in [7, 11) is 0. The lowest BCUT2D eigenvalue weighted by Crippen LogP contribution is -2.44. The van der Waals surface area contributed by atoms with Gasteiger partial charge in [0, 0.05) is 29.2 Å². The summed E-state index contributed by atoms with van der Waals surface area (Å²) >= 11 is 12.3. The molecule has 4 rings (SSSR count). The molecule has 3 aliphatic rings. The van der Waals surface area contributed by atoms with E-state index in [-0.39, 0.29) is 0 Å². The number of likely N-dealkylation sites (tertiary alicyclic amines) is 1. The van der Waals surface area contributed by atoms with E-state index in [0.29, 0.717) is 22.7 Å². The topological polar surface area (TPSA) is 24.5 Å². The van der Waals surface area contributed by atoms with Crippen LogP contribution in [0.4, 0.5) is 0 Å². The van der Waals surface area contributed by atoms with Crippen LogP contribution in [0, 0.1) is 0 Å². The van der Waals surface area contributed by atoms with Crippen molar-refractivity contribution in [1.82, 2.24) is 10.2 Å². The molecule has 0 radical (unpaired) electrons. The summed E-state index contributed by atoms with van der Waals surface area (Å²) in [6.07, 6.45) is 7.47. The Morgan fingerprint density at radius 1 is 1.13 bits per heavy atom. The number of nitrogens with one attached hydrogen (secondary N) is 1. The minimum atomic E-state index is 0.586. The first-order chi connectivity index (χ1) is 11.2.